The van der Waals surface area contributed by atoms with Gasteiger partial charge in [0.2, 0.25) is 5.91 Å². The Balaban J connectivity index is 2.04. The normalized spacial score (nSPS) is 16.6. The van der Waals surface area contributed by atoms with Crippen molar-refractivity contribution in [3.8, 4) is 0 Å². The van der Waals surface area contributed by atoms with Gasteiger partial charge in [0.05, 0.1) is 23.2 Å². The van der Waals surface area contributed by atoms with E-state index in [1.807, 2.05) is 0 Å². The van der Waals surface area contributed by atoms with Crippen molar-refractivity contribution in [3.63, 3.8) is 0 Å². The van der Waals surface area contributed by atoms with Crippen molar-refractivity contribution in [2.45, 2.75) is 32.3 Å². The van der Waals surface area contributed by atoms with Crippen LogP contribution < -0.4 is 0 Å². The Morgan fingerprint density at radius 1 is 1.42 bits per heavy atom. The monoisotopic (exact) mass is 284 g/mol. The molecular weight excluding hydrogens is 268 g/mol. The van der Waals surface area contributed by atoms with Gasteiger partial charge in [-0.1, -0.05) is 0 Å². The summed E-state index contributed by atoms with van der Waals surface area (Å²) in [6.45, 7) is 2.76. The van der Waals surface area contributed by atoms with Crippen LogP contribution in [0.3, 0.4) is 0 Å². The highest BCUT2D eigenvalue weighted by Gasteiger charge is 2.24. The van der Waals surface area contributed by atoms with Gasteiger partial charge in [-0.25, -0.2) is 9.78 Å². The summed E-state index contributed by atoms with van der Waals surface area (Å²) in [4.78, 5) is 29.0. The largest absolute Gasteiger partial charge is 0.477 e. The molecule has 0 radical (unpaired) electrons. The molecule has 0 atom stereocenters. The zero-order valence-corrected chi connectivity index (χ0v) is 11.4. The minimum Gasteiger partial charge on any atom is -0.477 e. The second-order valence-corrected chi connectivity index (χ2v) is 5.81. The highest BCUT2D eigenvalue weighted by molar-refractivity contribution is 7.13. The first kappa shape index (κ1) is 14.0. The van der Waals surface area contributed by atoms with Gasteiger partial charge in [0.15, 0.2) is 0 Å². The molecule has 0 aromatic carbocycles. The maximum absolute atomic E-state index is 12.1. The average molecular weight is 284 g/mol. The average Bonchev–Trinajstić information content (AvgIpc) is 2.71. The molecule has 0 aliphatic carbocycles. The van der Waals surface area contributed by atoms with Crippen molar-refractivity contribution >= 4 is 23.2 Å². The van der Waals surface area contributed by atoms with Crippen LogP contribution in [0.2, 0.25) is 0 Å². The minimum atomic E-state index is -1.04. The number of thiazole rings is 1. The lowest BCUT2D eigenvalue weighted by Crippen LogP contribution is -2.41. The van der Waals surface area contributed by atoms with Crippen molar-refractivity contribution in [2.24, 2.45) is 0 Å². The summed E-state index contributed by atoms with van der Waals surface area (Å²) in [5.74, 6) is -1.16. The number of nitrogens with zero attached hydrogens (tertiary/aromatic N) is 2. The van der Waals surface area contributed by atoms with Gasteiger partial charge in [0, 0.05) is 13.1 Å². The maximum Gasteiger partial charge on any atom is 0.347 e. The highest BCUT2D eigenvalue weighted by atomic mass is 32.1. The number of carboxylic acid groups (broad SMARTS) is 1. The Kier molecular flexibility index (Phi) is 4.16. The number of likely N-dealkylation sites (tertiary alicyclic amines) is 1. The van der Waals surface area contributed by atoms with Gasteiger partial charge in [0.1, 0.15) is 4.88 Å². The Bertz CT molecular complexity index is 492. The second-order valence-electron chi connectivity index (χ2n) is 4.60. The first-order valence-electron chi connectivity index (χ1n) is 6.13. The van der Waals surface area contributed by atoms with Crippen molar-refractivity contribution in [3.05, 3.63) is 15.6 Å². The van der Waals surface area contributed by atoms with E-state index in [4.69, 9.17) is 5.11 Å². The standard InChI is InChI=1S/C12H16N2O4S/c1-7-13-9(11(19-7)12(17)18)6-10(16)14-4-2-8(15)3-5-14/h8,15H,2-6H2,1H3,(H,17,18). The Morgan fingerprint density at radius 2 is 2.05 bits per heavy atom. The molecule has 0 bridgehead atoms. The lowest BCUT2D eigenvalue weighted by Gasteiger charge is -2.29. The van der Waals surface area contributed by atoms with Crippen LogP contribution >= 0.6 is 11.3 Å². The number of aromatic nitrogens is 1. The molecule has 1 aromatic rings. The summed E-state index contributed by atoms with van der Waals surface area (Å²) in [7, 11) is 0. The number of carbonyl (C=O) groups is 2. The molecule has 0 spiro atoms. The number of aliphatic hydroxyl groups is 1. The van der Waals surface area contributed by atoms with E-state index in [1.165, 1.54) is 0 Å². The molecule has 0 unspecified atom stereocenters. The highest BCUT2D eigenvalue weighted by Crippen LogP contribution is 2.20. The summed E-state index contributed by atoms with van der Waals surface area (Å²) >= 11 is 1.09. The van der Waals surface area contributed by atoms with E-state index in [-0.39, 0.29) is 23.3 Å². The first-order valence-corrected chi connectivity index (χ1v) is 6.94. The zero-order chi connectivity index (χ0) is 14.0. The molecule has 6 nitrogen and oxygen atoms in total. The molecule has 0 saturated carbocycles. The smallest absolute Gasteiger partial charge is 0.347 e. The number of carboxylic acids is 1. The van der Waals surface area contributed by atoms with Crippen LogP contribution in [0.25, 0.3) is 0 Å². The number of aromatic carboxylic acids is 1. The van der Waals surface area contributed by atoms with Crippen LogP contribution in [-0.2, 0) is 11.2 Å². The summed E-state index contributed by atoms with van der Waals surface area (Å²) < 4.78 is 0. The van der Waals surface area contributed by atoms with Gasteiger partial charge in [-0.05, 0) is 19.8 Å². The Morgan fingerprint density at radius 3 is 2.63 bits per heavy atom. The zero-order valence-electron chi connectivity index (χ0n) is 10.6. The molecule has 2 rings (SSSR count). The fourth-order valence-corrected chi connectivity index (χ4v) is 2.90. The minimum absolute atomic E-state index is 0.0159. The SMILES string of the molecule is Cc1nc(CC(=O)N2CCC(O)CC2)c(C(=O)O)s1. The van der Waals surface area contributed by atoms with E-state index >= 15 is 0 Å². The number of hydrogen-bond acceptors (Lipinski definition) is 5. The molecule has 1 fully saturated rings. The second kappa shape index (κ2) is 5.66. The number of piperidine rings is 1. The van der Waals surface area contributed by atoms with E-state index in [2.05, 4.69) is 4.98 Å². The maximum atomic E-state index is 12.1. The molecule has 2 N–H and O–H groups in total. The van der Waals surface area contributed by atoms with Crippen LogP contribution in [0.15, 0.2) is 0 Å². The van der Waals surface area contributed by atoms with E-state index in [1.54, 1.807) is 11.8 Å². The predicted octanol–water partition coefficient (Wildman–Crippen LogP) is 0.676. The third-order valence-electron chi connectivity index (χ3n) is 3.13. The molecule has 1 amide bonds. The Hall–Kier alpha value is -1.47. The molecule has 2 heterocycles. The number of aliphatic hydroxyl groups excluding tert-OH is 1. The topological polar surface area (TPSA) is 90.7 Å². The first-order chi connectivity index (χ1) is 8.97. The van der Waals surface area contributed by atoms with Crippen molar-refractivity contribution in [1.29, 1.82) is 0 Å². The fourth-order valence-electron chi connectivity index (χ4n) is 2.13. The molecule has 19 heavy (non-hydrogen) atoms. The fraction of sp³-hybridized carbons (Fsp3) is 0.583. The molecule has 1 saturated heterocycles. The van der Waals surface area contributed by atoms with Gasteiger partial charge in [-0.2, -0.15) is 0 Å². The van der Waals surface area contributed by atoms with Gasteiger partial charge < -0.3 is 15.1 Å². The van der Waals surface area contributed by atoms with Crippen molar-refractivity contribution in [2.75, 3.05) is 13.1 Å². The van der Waals surface area contributed by atoms with Gasteiger partial charge in [-0.15, -0.1) is 11.3 Å². The number of hydrogen-bond donors (Lipinski definition) is 2. The number of aryl methyl sites for hydroxylation is 1. The summed E-state index contributed by atoms with van der Waals surface area (Å²) in [5, 5.41) is 19.1. The number of amides is 1. The van der Waals surface area contributed by atoms with Crippen molar-refractivity contribution in [1.82, 2.24) is 9.88 Å². The van der Waals surface area contributed by atoms with Crippen LogP contribution in [0.5, 0.6) is 0 Å². The molecule has 104 valence electrons. The van der Waals surface area contributed by atoms with Crippen LogP contribution in [0.1, 0.15) is 33.2 Å². The predicted molar refractivity (Wildman–Crippen MR) is 69.3 cm³/mol. The lowest BCUT2D eigenvalue weighted by atomic mass is 10.1. The van der Waals surface area contributed by atoms with Crippen LogP contribution in [0, 0.1) is 6.92 Å². The van der Waals surface area contributed by atoms with E-state index in [9.17, 15) is 14.7 Å². The molecule has 7 heteroatoms. The lowest BCUT2D eigenvalue weighted by molar-refractivity contribution is -0.132. The van der Waals surface area contributed by atoms with Gasteiger partial charge in [0.25, 0.3) is 0 Å². The molecular formula is C12H16N2O4S. The van der Waals surface area contributed by atoms with Crippen LogP contribution in [0.4, 0.5) is 0 Å². The van der Waals surface area contributed by atoms with Crippen molar-refractivity contribution < 1.29 is 19.8 Å². The molecule has 1 aliphatic rings. The van der Waals surface area contributed by atoms with Gasteiger partial charge in [-0.3, -0.25) is 4.79 Å². The summed E-state index contributed by atoms with van der Waals surface area (Å²) in [6, 6.07) is 0. The third kappa shape index (κ3) is 3.30. The van der Waals surface area contributed by atoms with Gasteiger partial charge >= 0.3 is 5.97 Å². The third-order valence-corrected chi connectivity index (χ3v) is 4.14. The van der Waals surface area contributed by atoms with E-state index < -0.39 is 5.97 Å². The summed E-state index contributed by atoms with van der Waals surface area (Å²) in [6.07, 6.45) is 0.837. The Labute approximate surface area is 114 Å². The number of rotatable bonds is 3. The quantitative estimate of drug-likeness (QED) is 0.851. The molecule has 1 aromatic heterocycles. The van der Waals surface area contributed by atoms with E-state index in [0.29, 0.717) is 36.6 Å². The van der Waals surface area contributed by atoms with E-state index in [0.717, 1.165) is 11.3 Å². The summed E-state index contributed by atoms with van der Waals surface area (Å²) in [5.41, 5.74) is 0.339. The molecule has 1 aliphatic heterocycles. The number of carbonyl (C=O) groups excluding carboxylic acids is 1. The van der Waals surface area contributed by atoms with Crippen LogP contribution in [-0.4, -0.2) is 51.2 Å².